The van der Waals surface area contributed by atoms with Crippen molar-refractivity contribution >= 4 is 11.8 Å². The van der Waals surface area contributed by atoms with Crippen LogP contribution in [0, 0.1) is 0 Å². The highest BCUT2D eigenvalue weighted by molar-refractivity contribution is 6.21. The zero-order chi connectivity index (χ0) is 24.8. The van der Waals surface area contributed by atoms with Crippen LogP contribution in [0.3, 0.4) is 0 Å². The van der Waals surface area contributed by atoms with Crippen LogP contribution in [0.1, 0.15) is 32.7 Å². The van der Waals surface area contributed by atoms with Gasteiger partial charge < -0.3 is 24.4 Å². The van der Waals surface area contributed by atoms with Crippen molar-refractivity contribution in [1.82, 2.24) is 4.90 Å². The first-order chi connectivity index (χ1) is 17.1. The van der Waals surface area contributed by atoms with Gasteiger partial charge in [0, 0.05) is 18.1 Å². The highest BCUT2D eigenvalue weighted by atomic mass is 16.7. The Kier molecular flexibility index (Phi) is 8.09. The van der Waals surface area contributed by atoms with Crippen LogP contribution in [-0.2, 0) is 20.8 Å². The number of hydrogen-bond acceptors (Lipinski definition) is 8. The summed E-state index contributed by atoms with van der Waals surface area (Å²) in [6.07, 6.45) is -4.35. The molecule has 0 bridgehead atoms. The van der Waals surface area contributed by atoms with E-state index in [0.29, 0.717) is 6.42 Å². The molecule has 0 spiro atoms. The van der Waals surface area contributed by atoms with Gasteiger partial charge in [0.2, 0.25) is 0 Å². The molecule has 5 atom stereocenters. The molecule has 0 radical (unpaired) electrons. The predicted molar refractivity (Wildman–Crippen MR) is 122 cm³/mol. The molecule has 0 aromatic heterocycles. The van der Waals surface area contributed by atoms with Crippen LogP contribution in [-0.4, -0.2) is 77.3 Å². The quantitative estimate of drug-likeness (QED) is 0.173. The fourth-order valence-electron chi connectivity index (χ4n) is 4.28. The zero-order valence-electron chi connectivity index (χ0n) is 18.8. The van der Waals surface area contributed by atoms with Crippen LogP contribution in [0.4, 0.5) is 0 Å². The average molecular weight is 482 g/mol. The number of aliphatic hydroxyl groups excluding tert-OH is 2. The van der Waals surface area contributed by atoms with Crippen LogP contribution in [0.2, 0.25) is 0 Å². The summed E-state index contributed by atoms with van der Waals surface area (Å²) in [6.45, 7) is -0.173. The van der Waals surface area contributed by atoms with E-state index in [0.717, 1.165) is 10.5 Å². The molecule has 1 saturated heterocycles. The van der Waals surface area contributed by atoms with Gasteiger partial charge >= 0.3 is 0 Å². The van der Waals surface area contributed by atoms with Gasteiger partial charge in [-0.2, -0.15) is 0 Å². The second kappa shape index (κ2) is 11.4. The van der Waals surface area contributed by atoms with Crippen LogP contribution < -0.4 is 0 Å². The van der Waals surface area contributed by atoms with Crippen LogP contribution in [0.15, 0.2) is 59.7 Å². The summed E-state index contributed by atoms with van der Waals surface area (Å²) in [5, 5.41) is 24.3. The third kappa shape index (κ3) is 5.20. The number of hydrogen-bond donors (Lipinski definition) is 2. The highest BCUT2D eigenvalue weighted by Gasteiger charge is 2.54. The molecular formula is C24H26N4O7. The predicted octanol–water partition coefficient (Wildman–Crippen LogP) is 2.03. The maximum Gasteiger partial charge on any atom is 0.262 e. The van der Waals surface area contributed by atoms with Crippen molar-refractivity contribution < 1.29 is 34.0 Å². The Bertz CT molecular complexity index is 1060. The lowest BCUT2D eigenvalue weighted by atomic mass is 9.95. The molecule has 4 rings (SSSR count). The van der Waals surface area contributed by atoms with E-state index in [9.17, 15) is 19.8 Å². The van der Waals surface area contributed by atoms with Crippen molar-refractivity contribution in [3.8, 4) is 0 Å². The standard InChI is InChI=1S/C24H26N4O7/c25-27-26-11-6-12-33-24-19(28-22(31)16-9-4-5-10-17(16)23(28)32)21(20(30)18(13-29)35-24)34-14-15-7-2-1-3-8-15/h1-5,7-10,18-21,24,29-30H,6,11-14H2/t18-,19-,20-,21-,24-/m1/s1. The summed E-state index contributed by atoms with van der Waals surface area (Å²) < 4.78 is 17.7. The molecule has 1 fully saturated rings. The minimum Gasteiger partial charge on any atom is -0.394 e. The van der Waals surface area contributed by atoms with Gasteiger partial charge in [0.1, 0.15) is 24.4 Å². The van der Waals surface area contributed by atoms with E-state index in [1.165, 1.54) is 0 Å². The molecule has 2 N–H and O–H groups in total. The Morgan fingerprint density at radius 2 is 1.69 bits per heavy atom. The van der Waals surface area contributed by atoms with E-state index >= 15 is 0 Å². The number of nitrogens with zero attached hydrogens (tertiary/aromatic N) is 4. The molecule has 2 heterocycles. The van der Waals surface area contributed by atoms with Crippen LogP contribution >= 0.6 is 0 Å². The van der Waals surface area contributed by atoms with E-state index in [1.54, 1.807) is 24.3 Å². The Hall–Kier alpha value is -3.31. The third-order valence-electron chi connectivity index (χ3n) is 5.98. The monoisotopic (exact) mass is 482 g/mol. The van der Waals surface area contributed by atoms with Crippen molar-refractivity contribution in [3.05, 3.63) is 81.7 Å². The number of fused-ring (bicyclic) bond motifs is 1. The summed E-state index contributed by atoms with van der Waals surface area (Å²) >= 11 is 0. The first kappa shape index (κ1) is 24.8. The molecular weight excluding hydrogens is 456 g/mol. The van der Waals surface area contributed by atoms with Crippen molar-refractivity contribution in [2.45, 2.75) is 43.7 Å². The Labute approximate surface area is 201 Å². The number of imide groups is 1. The number of ether oxygens (including phenoxy) is 3. The number of benzene rings is 2. The van der Waals surface area contributed by atoms with E-state index in [1.807, 2.05) is 30.3 Å². The van der Waals surface area contributed by atoms with Gasteiger partial charge in [-0.3, -0.25) is 14.5 Å². The molecule has 11 heteroatoms. The van der Waals surface area contributed by atoms with Gasteiger partial charge in [0.15, 0.2) is 6.29 Å². The van der Waals surface area contributed by atoms with Gasteiger partial charge in [0.25, 0.3) is 11.8 Å². The molecule has 0 unspecified atom stereocenters. The largest absolute Gasteiger partial charge is 0.394 e. The van der Waals surface area contributed by atoms with Crippen molar-refractivity contribution in [3.63, 3.8) is 0 Å². The minimum absolute atomic E-state index is 0.0863. The van der Waals surface area contributed by atoms with Crippen molar-refractivity contribution in [2.24, 2.45) is 5.11 Å². The highest BCUT2D eigenvalue weighted by Crippen LogP contribution is 2.34. The van der Waals surface area contributed by atoms with Gasteiger partial charge in [-0.25, -0.2) is 0 Å². The number of azide groups is 1. The van der Waals surface area contributed by atoms with E-state index in [4.69, 9.17) is 19.7 Å². The Balaban J connectivity index is 1.65. The lowest BCUT2D eigenvalue weighted by molar-refractivity contribution is -0.287. The Morgan fingerprint density at radius 3 is 2.31 bits per heavy atom. The fourth-order valence-corrected chi connectivity index (χ4v) is 4.28. The summed E-state index contributed by atoms with van der Waals surface area (Å²) in [5.41, 5.74) is 9.76. The summed E-state index contributed by atoms with van der Waals surface area (Å²) in [5.74, 6) is -1.10. The van der Waals surface area contributed by atoms with E-state index in [2.05, 4.69) is 10.0 Å². The van der Waals surface area contributed by atoms with E-state index < -0.39 is 49.1 Å². The number of rotatable bonds is 10. The lowest BCUT2D eigenvalue weighted by Crippen LogP contribution is -2.66. The molecule has 35 heavy (non-hydrogen) atoms. The number of aliphatic hydroxyl groups is 2. The van der Waals surface area contributed by atoms with Crippen molar-refractivity contribution in [1.29, 1.82) is 0 Å². The smallest absolute Gasteiger partial charge is 0.262 e. The minimum atomic E-state index is -1.35. The normalized spacial score (nSPS) is 25.9. The third-order valence-corrected chi connectivity index (χ3v) is 5.98. The topological polar surface area (TPSA) is 154 Å². The average Bonchev–Trinajstić information content (AvgIpc) is 3.14. The molecule has 2 aromatic carbocycles. The first-order valence-electron chi connectivity index (χ1n) is 11.3. The second-order valence-corrected chi connectivity index (χ2v) is 8.17. The fraction of sp³-hybridized carbons (Fsp3) is 0.417. The molecule has 0 aliphatic carbocycles. The molecule has 11 nitrogen and oxygen atoms in total. The molecule has 2 aliphatic heterocycles. The van der Waals surface area contributed by atoms with Gasteiger partial charge in [-0.1, -0.05) is 47.6 Å². The van der Waals surface area contributed by atoms with Crippen LogP contribution in [0.5, 0.6) is 0 Å². The summed E-state index contributed by atoms with van der Waals surface area (Å²) in [4.78, 5) is 30.3. The maximum absolute atomic E-state index is 13.3. The van der Waals surface area contributed by atoms with Crippen LogP contribution in [0.25, 0.3) is 10.4 Å². The lowest BCUT2D eigenvalue weighted by Gasteiger charge is -2.46. The van der Waals surface area contributed by atoms with Crippen molar-refractivity contribution in [2.75, 3.05) is 19.8 Å². The molecule has 184 valence electrons. The molecule has 2 aliphatic rings. The van der Waals surface area contributed by atoms with Gasteiger partial charge in [-0.15, -0.1) is 0 Å². The zero-order valence-corrected chi connectivity index (χ0v) is 18.8. The van der Waals surface area contributed by atoms with E-state index in [-0.39, 0.29) is 30.9 Å². The SMILES string of the molecule is [N-]=[N+]=NCCCO[C@@H]1O[C@H](CO)[C@@H](O)[C@H](OCc2ccccc2)[C@H]1N1C(=O)c2ccccc2C1=O. The second-order valence-electron chi connectivity index (χ2n) is 8.17. The molecule has 0 saturated carbocycles. The Morgan fingerprint density at radius 1 is 1.03 bits per heavy atom. The van der Waals surface area contributed by atoms with Gasteiger partial charge in [-0.05, 0) is 29.6 Å². The summed E-state index contributed by atoms with van der Waals surface area (Å²) in [7, 11) is 0. The molecule has 2 aromatic rings. The maximum atomic E-state index is 13.3. The van der Waals surface area contributed by atoms with Gasteiger partial charge in [0.05, 0.1) is 24.3 Å². The molecule has 2 amide bonds. The summed E-state index contributed by atoms with van der Waals surface area (Å²) in [6, 6.07) is 14.5. The number of carbonyl (C=O) groups is 2. The first-order valence-corrected chi connectivity index (χ1v) is 11.3. The number of amides is 2. The number of carbonyl (C=O) groups excluding carboxylic acids is 2.